The monoisotopic (exact) mass is 314 g/mol. The van der Waals surface area contributed by atoms with Gasteiger partial charge in [0, 0.05) is 7.11 Å². The van der Waals surface area contributed by atoms with Crippen LogP contribution in [0.1, 0.15) is 43.9 Å². The molecule has 0 saturated heterocycles. The summed E-state index contributed by atoms with van der Waals surface area (Å²) in [6, 6.07) is 5.97. The number of hydrogen-bond donors (Lipinski definition) is 0. The summed E-state index contributed by atoms with van der Waals surface area (Å²) in [5.41, 5.74) is 1.84. The smallest absolute Gasteiger partial charge is 0.128 e. The van der Waals surface area contributed by atoms with Crippen LogP contribution in [-0.4, -0.2) is 23.3 Å². The van der Waals surface area contributed by atoms with E-state index >= 15 is 0 Å². The number of hydrogen-bond acceptors (Lipinski definition) is 2. The summed E-state index contributed by atoms with van der Waals surface area (Å²) in [6.07, 6.45) is 2.06. The van der Waals surface area contributed by atoms with Crippen LogP contribution < -0.4 is 0 Å². The van der Waals surface area contributed by atoms with Crippen molar-refractivity contribution >= 4 is 34.2 Å². The van der Waals surface area contributed by atoms with Crippen LogP contribution in [0.5, 0.6) is 0 Å². The van der Waals surface area contributed by atoms with E-state index in [1.54, 1.807) is 7.11 Å². The molecular weight excluding hydrogens is 295 g/mol. The van der Waals surface area contributed by atoms with E-state index in [9.17, 15) is 0 Å². The molecular formula is C15H20Cl2N2O. The van der Waals surface area contributed by atoms with E-state index < -0.39 is 0 Å². The first kappa shape index (κ1) is 15.6. The van der Waals surface area contributed by atoms with Gasteiger partial charge in [-0.25, -0.2) is 4.98 Å². The SMILES string of the molecule is CCCC(COC)n1c(C(C)Cl)nc2cccc(Cl)c21. The number of rotatable bonds is 6. The summed E-state index contributed by atoms with van der Waals surface area (Å²) in [4.78, 5) is 4.65. The Morgan fingerprint density at radius 2 is 2.15 bits per heavy atom. The molecule has 0 fully saturated rings. The fourth-order valence-electron chi connectivity index (χ4n) is 2.59. The molecule has 0 aliphatic carbocycles. The summed E-state index contributed by atoms with van der Waals surface area (Å²) in [7, 11) is 1.72. The number of para-hydroxylation sites is 1. The molecule has 20 heavy (non-hydrogen) atoms. The van der Waals surface area contributed by atoms with Crippen molar-refractivity contribution in [3.05, 3.63) is 29.0 Å². The van der Waals surface area contributed by atoms with Gasteiger partial charge in [-0.3, -0.25) is 0 Å². The third-order valence-electron chi connectivity index (χ3n) is 3.39. The Kier molecular flexibility index (Phi) is 5.30. The second kappa shape index (κ2) is 6.79. The molecule has 0 aliphatic rings. The van der Waals surface area contributed by atoms with Crippen molar-refractivity contribution in [3.63, 3.8) is 0 Å². The number of aromatic nitrogens is 2. The van der Waals surface area contributed by atoms with Gasteiger partial charge in [0.25, 0.3) is 0 Å². The normalized spacial score (nSPS) is 14.7. The fourth-order valence-corrected chi connectivity index (χ4v) is 3.00. The van der Waals surface area contributed by atoms with E-state index in [2.05, 4.69) is 16.5 Å². The van der Waals surface area contributed by atoms with Gasteiger partial charge in [-0.1, -0.05) is 31.0 Å². The number of halogens is 2. The highest BCUT2D eigenvalue weighted by Gasteiger charge is 2.22. The van der Waals surface area contributed by atoms with Crippen LogP contribution in [0.2, 0.25) is 5.02 Å². The molecule has 2 rings (SSSR count). The van der Waals surface area contributed by atoms with Gasteiger partial charge in [-0.2, -0.15) is 0 Å². The minimum Gasteiger partial charge on any atom is -0.383 e. The molecule has 0 saturated carbocycles. The average molecular weight is 315 g/mol. The van der Waals surface area contributed by atoms with Crippen molar-refractivity contribution in [2.75, 3.05) is 13.7 Å². The van der Waals surface area contributed by atoms with Crippen LogP contribution in [0.15, 0.2) is 18.2 Å². The molecule has 2 unspecified atom stereocenters. The summed E-state index contributed by atoms with van der Waals surface area (Å²) >= 11 is 12.7. The number of benzene rings is 1. The molecule has 0 aliphatic heterocycles. The maximum absolute atomic E-state index is 6.38. The first-order chi connectivity index (χ1) is 9.60. The highest BCUT2D eigenvalue weighted by Crippen LogP contribution is 2.33. The average Bonchev–Trinajstić information content (AvgIpc) is 2.79. The van der Waals surface area contributed by atoms with Gasteiger partial charge in [0.05, 0.1) is 34.1 Å². The van der Waals surface area contributed by atoms with Crippen molar-refractivity contribution in [1.82, 2.24) is 9.55 Å². The van der Waals surface area contributed by atoms with E-state index in [4.69, 9.17) is 27.9 Å². The van der Waals surface area contributed by atoms with Gasteiger partial charge in [0.1, 0.15) is 5.82 Å². The molecule has 2 atom stereocenters. The highest BCUT2D eigenvalue weighted by molar-refractivity contribution is 6.35. The zero-order valence-corrected chi connectivity index (χ0v) is 13.6. The lowest BCUT2D eigenvalue weighted by Crippen LogP contribution is -2.17. The van der Waals surface area contributed by atoms with Gasteiger partial charge in [-0.15, -0.1) is 11.6 Å². The summed E-state index contributed by atoms with van der Waals surface area (Å²) < 4.78 is 7.52. The number of ether oxygens (including phenoxy) is 1. The van der Waals surface area contributed by atoms with E-state index in [1.807, 2.05) is 25.1 Å². The molecule has 0 spiro atoms. The third kappa shape index (κ3) is 2.95. The van der Waals surface area contributed by atoms with E-state index in [0.717, 1.165) is 29.7 Å². The maximum Gasteiger partial charge on any atom is 0.128 e. The third-order valence-corrected chi connectivity index (χ3v) is 3.89. The quantitative estimate of drug-likeness (QED) is 0.703. The molecule has 1 heterocycles. The number of fused-ring (bicyclic) bond motifs is 1. The van der Waals surface area contributed by atoms with E-state index in [1.165, 1.54) is 0 Å². The molecule has 0 amide bonds. The molecule has 1 aromatic heterocycles. The van der Waals surface area contributed by atoms with Crippen molar-refractivity contribution in [2.45, 2.75) is 38.1 Å². The number of alkyl halides is 1. The summed E-state index contributed by atoms with van der Waals surface area (Å²) in [5, 5.41) is 0.533. The van der Waals surface area contributed by atoms with Crippen LogP contribution in [0.3, 0.4) is 0 Å². The Labute approximate surface area is 129 Å². The van der Waals surface area contributed by atoms with Crippen LogP contribution in [0.4, 0.5) is 0 Å². The van der Waals surface area contributed by atoms with E-state index in [-0.39, 0.29) is 11.4 Å². The Hall–Kier alpha value is -0.770. The number of nitrogens with zero attached hydrogens (tertiary/aromatic N) is 2. The van der Waals surface area contributed by atoms with Gasteiger partial charge in [0.15, 0.2) is 0 Å². The van der Waals surface area contributed by atoms with Gasteiger partial charge >= 0.3 is 0 Å². The van der Waals surface area contributed by atoms with E-state index in [0.29, 0.717) is 11.6 Å². The zero-order valence-electron chi connectivity index (χ0n) is 12.1. The van der Waals surface area contributed by atoms with Gasteiger partial charge in [-0.05, 0) is 25.5 Å². The Morgan fingerprint density at radius 1 is 1.40 bits per heavy atom. The first-order valence-corrected chi connectivity index (χ1v) is 7.70. The van der Waals surface area contributed by atoms with Crippen molar-refractivity contribution in [1.29, 1.82) is 0 Å². The Bertz CT molecular complexity index is 575. The van der Waals surface area contributed by atoms with Crippen LogP contribution in [0.25, 0.3) is 11.0 Å². The molecule has 110 valence electrons. The lowest BCUT2D eigenvalue weighted by molar-refractivity contribution is 0.150. The van der Waals surface area contributed by atoms with Crippen LogP contribution >= 0.6 is 23.2 Å². The molecule has 5 heteroatoms. The second-order valence-corrected chi connectivity index (χ2v) is 6.02. The lowest BCUT2D eigenvalue weighted by Gasteiger charge is -2.22. The minimum atomic E-state index is -0.172. The zero-order chi connectivity index (χ0) is 14.7. The first-order valence-electron chi connectivity index (χ1n) is 6.89. The van der Waals surface area contributed by atoms with Crippen molar-refractivity contribution < 1.29 is 4.74 Å². The van der Waals surface area contributed by atoms with Crippen molar-refractivity contribution in [2.24, 2.45) is 0 Å². The Morgan fingerprint density at radius 3 is 2.75 bits per heavy atom. The topological polar surface area (TPSA) is 27.1 Å². The van der Waals surface area contributed by atoms with Crippen molar-refractivity contribution in [3.8, 4) is 0 Å². The Balaban J connectivity index is 2.65. The van der Waals surface area contributed by atoms with Crippen LogP contribution in [-0.2, 0) is 4.74 Å². The molecule has 0 radical (unpaired) electrons. The second-order valence-electron chi connectivity index (χ2n) is 4.96. The maximum atomic E-state index is 6.38. The van der Waals surface area contributed by atoms with Gasteiger partial charge in [0.2, 0.25) is 0 Å². The number of imidazole rings is 1. The fraction of sp³-hybridized carbons (Fsp3) is 0.533. The molecule has 0 N–H and O–H groups in total. The highest BCUT2D eigenvalue weighted by atomic mass is 35.5. The molecule has 2 aromatic rings. The predicted octanol–water partition coefficient (Wildman–Crippen LogP) is 4.98. The standard InChI is InChI=1S/C15H20Cl2N2O/c1-4-6-11(9-20-3)19-14-12(17)7-5-8-13(14)18-15(19)10(2)16/h5,7-8,10-11H,4,6,9H2,1-3H3. The molecule has 3 nitrogen and oxygen atoms in total. The predicted molar refractivity (Wildman–Crippen MR) is 84.8 cm³/mol. The lowest BCUT2D eigenvalue weighted by atomic mass is 10.1. The number of methoxy groups -OCH3 is 1. The van der Waals surface area contributed by atoms with Gasteiger partial charge < -0.3 is 9.30 Å². The minimum absolute atomic E-state index is 0.172. The van der Waals surface area contributed by atoms with Crippen LogP contribution in [0, 0.1) is 0 Å². The molecule has 0 bridgehead atoms. The summed E-state index contributed by atoms with van der Waals surface area (Å²) in [6.45, 7) is 4.72. The molecule has 1 aromatic carbocycles. The summed E-state index contributed by atoms with van der Waals surface area (Å²) in [5.74, 6) is 0.852. The largest absolute Gasteiger partial charge is 0.383 e.